The Labute approximate surface area is 194 Å². The van der Waals surface area contributed by atoms with Crippen molar-refractivity contribution in [3.63, 3.8) is 0 Å². The van der Waals surface area contributed by atoms with Crippen molar-refractivity contribution in [1.82, 2.24) is 0 Å². The molecule has 0 unspecified atom stereocenters. The van der Waals surface area contributed by atoms with Crippen LogP contribution < -0.4 is 13.6 Å². The Kier molecular flexibility index (Phi) is 8.76. The van der Waals surface area contributed by atoms with Gasteiger partial charge in [-0.05, 0) is 65.6 Å². The normalized spacial score (nSPS) is 10.8. The lowest BCUT2D eigenvalue weighted by molar-refractivity contribution is 0.381. The molecule has 4 heteroatoms. The standard InChI is InChI=1S/C28H33O3P/c1-6-21-17-19-26(20-18-21)29-32(30-27-22(7-2)13-11-14-23(27)8-3)31-28-24(9-4)15-12-16-25(28)10-5/h6,11-20H,1,7-10H2,2-5H3. The van der Waals surface area contributed by atoms with Gasteiger partial charge < -0.3 is 13.6 Å². The summed E-state index contributed by atoms with van der Waals surface area (Å²) in [5.41, 5.74) is 5.67. The minimum Gasteiger partial charge on any atom is -0.409 e. The van der Waals surface area contributed by atoms with Gasteiger partial charge in [0.1, 0.15) is 17.2 Å². The molecule has 0 aliphatic rings. The van der Waals surface area contributed by atoms with Crippen molar-refractivity contribution in [3.8, 4) is 17.2 Å². The van der Waals surface area contributed by atoms with E-state index in [2.05, 4.69) is 70.7 Å². The minimum atomic E-state index is -1.72. The van der Waals surface area contributed by atoms with Crippen LogP contribution in [-0.4, -0.2) is 0 Å². The van der Waals surface area contributed by atoms with E-state index in [0.717, 1.165) is 65.0 Å². The van der Waals surface area contributed by atoms with E-state index in [0.29, 0.717) is 5.75 Å². The van der Waals surface area contributed by atoms with Crippen molar-refractivity contribution in [2.75, 3.05) is 0 Å². The van der Waals surface area contributed by atoms with Crippen molar-refractivity contribution < 1.29 is 13.6 Å². The van der Waals surface area contributed by atoms with E-state index in [1.165, 1.54) is 0 Å². The molecule has 0 heterocycles. The highest BCUT2D eigenvalue weighted by Crippen LogP contribution is 2.46. The lowest BCUT2D eigenvalue weighted by Crippen LogP contribution is -2.07. The molecule has 168 valence electrons. The average molecular weight is 449 g/mol. The Morgan fingerprint density at radius 3 is 1.38 bits per heavy atom. The maximum absolute atomic E-state index is 6.52. The summed E-state index contributed by atoms with van der Waals surface area (Å²) in [6, 6.07) is 20.4. The summed E-state index contributed by atoms with van der Waals surface area (Å²) in [4.78, 5) is 0. The zero-order valence-electron chi connectivity index (χ0n) is 19.6. The molecule has 0 aliphatic carbocycles. The van der Waals surface area contributed by atoms with E-state index in [1.807, 2.05) is 30.3 Å². The first kappa shape index (κ1) is 23.9. The molecule has 0 amide bonds. The quantitative estimate of drug-likeness (QED) is 0.276. The van der Waals surface area contributed by atoms with E-state index in [9.17, 15) is 0 Å². The summed E-state index contributed by atoms with van der Waals surface area (Å²) in [5.74, 6) is 2.46. The van der Waals surface area contributed by atoms with Gasteiger partial charge in [-0.25, -0.2) is 0 Å². The molecule has 3 rings (SSSR count). The Morgan fingerprint density at radius 2 is 1.03 bits per heavy atom. The molecular weight excluding hydrogens is 415 g/mol. The number of para-hydroxylation sites is 2. The van der Waals surface area contributed by atoms with E-state index >= 15 is 0 Å². The van der Waals surface area contributed by atoms with E-state index in [4.69, 9.17) is 13.6 Å². The maximum atomic E-state index is 6.52. The van der Waals surface area contributed by atoms with E-state index < -0.39 is 8.60 Å². The predicted octanol–water partition coefficient (Wildman–Crippen LogP) is 8.34. The number of rotatable bonds is 11. The zero-order chi connectivity index (χ0) is 22.9. The number of hydrogen-bond donors (Lipinski definition) is 0. The molecule has 0 aromatic heterocycles. The lowest BCUT2D eigenvalue weighted by atomic mass is 10.1. The Hall–Kier alpha value is -2.77. The smallest absolute Gasteiger partial charge is 0.409 e. The fourth-order valence-corrected chi connectivity index (χ4v) is 4.75. The van der Waals surface area contributed by atoms with E-state index in [-0.39, 0.29) is 0 Å². The molecular formula is C28H33O3P. The van der Waals surface area contributed by atoms with Gasteiger partial charge in [-0.3, -0.25) is 0 Å². The van der Waals surface area contributed by atoms with Gasteiger partial charge in [-0.2, -0.15) is 0 Å². The molecule has 3 nitrogen and oxygen atoms in total. The molecule has 0 radical (unpaired) electrons. The SMILES string of the molecule is C=Cc1ccc(OP(Oc2c(CC)cccc2CC)Oc2c(CC)cccc2CC)cc1. The third-order valence-corrected chi connectivity index (χ3v) is 6.53. The second-order valence-corrected chi connectivity index (χ2v) is 8.49. The van der Waals surface area contributed by atoms with E-state index in [1.54, 1.807) is 0 Å². The number of benzene rings is 3. The fourth-order valence-electron chi connectivity index (χ4n) is 3.58. The number of aryl methyl sites for hydroxylation is 4. The molecule has 3 aromatic rings. The summed E-state index contributed by atoms with van der Waals surface area (Å²) in [7, 11) is -1.72. The van der Waals surface area contributed by atoms with Gasteiger partial charge in [0.2, 0.25) is 0 Å². The first-order chi connectivity index (χ1) is 15.6. The van der Waals surface area contributed by atoms with Crippen LogP contribution in [0.5, 0.6) is 17.2 Å². The van der Waals surface area contributed by atoms with Crippen LogP contribution in [0, 0.1) is 0 Å². The molecule has 0 atom stereocenters. The van der Waals surface area contributed by atoms with Gasteiger partial charge >= 0.3 is 8.60 Å². The molecule has 0 aliphatic heterocycles. The molecule has 0 saturated carbocycles. The highest BCUT2D eigenvalue weighted by molar-refractivity contribution is 7.43. The summed E-state index contributed by atoms with van der Waals surface area (Å²) in [6.45, 7) is 12.4. The van der Waals surface area contributed by atoms with Crippen LogP contribution in [0.15, 0.2) is 67.2 Å². The fraction of sp³-hybridized carbons (Fsp3) is 0.286. The van der Waals surface area contributed by atoms with Gasteiger partial charge in [-0.1, -0.05) is 88.9 Å². The van der Waals surface area contributed by atoms with Crippen LogP contribution in [-0.2, 0) is 25.7 Å². The van der Waals surface area contributed by atoms with Crippen LogP contribution in [0.3, 0.4) is 0 Å². The largest absolute Gasteiger partial charge is 0.530 e. The third-order valence-electron chi connectivity index (χ3n) is 5.51. The molecule has 0 N–H and O–H groups in total. The molecule has 0 bridgehead atoms. The van der Waals surface area contributed by atoms with Crippen LogP contribution in [0.4, 0.5) is 0 Å². The second-order valence-electron chi connectivity index (χ2n) is 7.50. The molecule has 0 spiro atoms. The monoisotopic (exact) mass is 448 g/mol. The van der Waals surface area contributed by atoms with Crippen LogP contribution in [0.2, 0.25) is 0 Å². The Bertz CT molecular complexity index is 925. The van der Waals surface area contributed by atoms with Crippen molar-refractivity contribution in [2.45, 2.75) is 53.4 Å². The molecule has 0 saturated heterocycles. The second kappa shape index (κ2) is 11.7. The molecule has 3 aromatic carbocycles. The molecule has 32 heavy (non-hydrogen) atoms. The highest BCUT2D eigenvalue weighted by Gasteiger charge is 2.25. The van der Waals surface area contributed by atoms with Crippen molar-refractivity contribution in [1.29, 1.82) is 0 Å². The van der Waals surface area contributed by atoms with Gasteiger partial charge in [0, 0.05) is 0 Å². The van der Waals surface area contributed by atoms with Gasteiger partial charge in [-0.15, -0.1) is 0 Å². The summed E-state index contributed by atoms with van der Waals surface area (Å²) < 4.78 is 19.4. The van der Waals surface area contributed by atoms with Crippen LogP contribution in [0.1, 0.15) is 55.5 Å². The first-order valence-corrected chi connectivity index (χ1v) is 12.5. The number of hydrogen-bond acceptors (Lipinski definition) is 3. The Balaban J connectivity index is 2.00. The summed E-state index contributed by atoms with van der Waals surface area (Å²) in [6.07, 6.45) is 5.34. The lowest BCUT2D eigenvalue weighted by Gasteiger charge is -2.23. The summed E-state index contributed by atoms with van der Waals surface area (Å²) >= 11 is 0. The third kappa shape index (κ3) is 5.72. The van der Waals surface area contributed by atoms with Crippen LogP contribution in [0.25, 0.3) is 6.08 Å². The highest BCUT2D eigenvalue weighted by atomic mass is 31.2. The van der Waals surface area contributed by atoms with Crippen molar-refractivity contribution in [2.24, 2.45) is 0 Å². The van der Waals surface area contributed by atoms with Crippen molar-refractivity contribution >= 4 is 14.7 Å². The van der Waals surface area contributed by atoms with Gasteiger partial charge in [0.15, 0.2) is 0 Å². The predicted molar refractivity (Wildman–Crippen MR) is 136 cm³/mol. The first-order valence-electron chi connectivity index (χ1n) is 11.4. The minimum absolute atomic E-state index is 0.709. The van der Waals surface area contributed by atoms with Gasteiger partial charge in [0.25, 0.3) is 0 Å². The molecule has 0 fully saturated rings. The summed E-state index contributed by atoms with van der Waals surface area (Å²) in [5, 5.41) is 0. The maximum Gasteiger partial charge on any atom is 0.530 e. The van der Waals surface area contributed by atoms with Gasteiger partial charge in [0.05, 0.1) is 0 Å². The topological polar surface area (TPSA) is 27.7 Å². The van der Waals surface area contributed by atoms with Crippen LogP contribution >= 0.6 is 8.60 Å². The zero-order valence-corrected chi connectivity index (χ0v) is 20.5. The average Bonchev–Trinajstić information content (AvgIpc) is 2.84. The van der Waals surface area contributed by atoms with Crippen molar-refractivity contribution in [3.05, 3.63) is 95.1 Å². The Morgan fingerprint density at radius 1 is 0.625 bits per heavy atom.